The quantitative estimate of drug-likeness (QED) is 0.735. The molecule has 0 aromatic carbocycles. The molecule has 0 fully saturated rings. The number of hydrogen-bond donors (Lipinski definition) is 1. The summed E-state index contributed by atoms with van der Waals surface area (Å²) in [7, 11) is 3.47. The molecule has 13 heavy (non-hydrogen) atoms. The highest BCUT2D eigenvalue weighted by Gasteiger charge is 2.08. The number of rotatable bonds is 5. The van der Waals surface area contributed by atoms with E-state index in [-0.39, 0.29) is 6.10 Å². The van der Waals surface area contributed by atoms with Gasteiger partial charge in [-0.1, -0.05) is 6.07 Å². The average molecular weight is 201 g/mol. The van der Waals surface area contributed by atoms with E-state index >= 15 is 0 Å². The highest BCUT2D eigenvalue weighted by Crippen LogP contribution is 2.21. The number of thiophene rings is 1. The Morgan fingerprint density at radius 1 is 1.69 bits per heavy atom. The minimum absolute atomic E-state index is 0.363. The Hall–Kier alpha value is -0.420. The van der Waals surface area contributed by atoms with Crippen LogP contribution in [-0.4, -0.2) is 30.9 Å². The molecule has 0 amide bonds. The molecule has 3 nitrogen and oxygen atoms in total. The molecular formula is C9H15NO2S. The summed E-state index contributed by atoms with van der Waals surface area (Å²) in [5.41, 5.74) is 0. The van der Waals surface area contributed by atoms with Crippen molar-refractivity contribution in [2.45, 2.75) is 12.5 Å². The number of aliphatic hydroxyl groups excluding tert-OH is 1. The van der Waals surface area contributed by atoms with Gasteiger partial charge in [0.05, 0.1) is 13.2 Å². The average Bonchev–Trinajstić information content (AvgIpc) is 2.66. The predicted octanol–water partition coefficient (Wildman–Crippen LogP) is 1.66. The van der Waals surface area contributed by atoms with Crippen LogP contribution in [0.25, 0.3) is 0 Å². The van der Waals surface area contributed by atoms with Gasteiger partial charge in [0.15, 0.2) is 0 Å². The van der Waals surface area contributed by atoms with Crippen LogP contribution in [-0.2, 0) is 4.84 Å². The summed E-state index contributed by atoms with van der Waals surface area (Å²) in [5, 5.41) is 13.4. The summed E-state index contributed by atoms with van der Waals surface area (Å²) in [6.45, 7) is 0.732. The summed E-state index contributed by atoms with van der Waals surface area (Å²) >= 11 is 1.58. The SMILES string of the molecule is CON(C)CC[C@H](O)c1cccs1. The Morgan fingerprint density at radius 2 is 2.46 bits per heavy atom. The third kappa shape index (κ3) is 3.44. The zero-order valence-electron chi connectivity index (χ0n) is 7.93. The highest BCUT2D eigenvalue weighted by molar-refractivity contribution is 7.10. The maximum absolute atomic E-state index is 9.68. The normalized spacial score (nSPS) is 13.5. The van der Waals surface area contributed by atoms with E-state index in [1.165, 1.54) is 0 Å². The van der Waals surface area contributed by atoms with E-state index in [2.05, 4.69) is 0 Å². The molecule has 1 atom stereocenters. The summed E-state index contributed by atoms with van der Waals surface area (Å²) in [6, 6.07) is 3.89. The standard InChI is InChI=1S/C9H15NO2S/c1-10(12-2)6-5-8(11)9-4-3-7-13-9/h3-4,7-8,11H,5-6H2,1-2H3/t8-/m0/s1. The monoisotopic (exact) mass is 201 g/mol. The second kappa shape index (κ2) is 5.34. The molecule has 0 saturated carbocycles. The highest BCUT2D eigenvalue weighted by atomic mass is 32.1. The molecule has 1 heterocycles. The zero-order valence-corrected chi connectivity index (χ0v) is 8.75. The van der Waals surface area contributed by atoms with E-state index < -0.39 is 0 Å². The van der Waals surface area contributed by atoms with E-state index in [0.717, 1.165) is 11.4 Å². The Morgan fingerprint density at radius 3 is 3.00 bits per heavy atom. The van der Waals surface area contributed by atoms with Crippen molar-refractivity contribution in [3.63, 3.8) is 0 Å². The van der Waals surface area contributed by atoms with Crippen molar-refractivity contribution in [3.8, 4) is 0 Å². The van der Waals surface area contributed by atoms with Gasteiger partial charge in [0, 0.05) is 18.5 Å². The van der Waals surface area contributed by atoms with E-state index in [1.54, 1.807) is 23.5 Å². The predicted molar refractivity (Wildman–Crippen MR) is 53.5 cm³/mol. The third-order valence-electron chi connectivity index (χ3n) is 1.90. The summed E-state index contributed by atoms with van der Waals surface area (Å²) in [6.07, 6.45) is 0.336. The zero-order chi connectivity index (χ0) is 9.68. The lowest BCUT2D eigenvalue weighted by Gasteiger charge is -2.15. The third-order valence-corrected chi connectivity index (χ3v) is 2.87. The topological polar surface area (TPSA) is 32.7 Å². The van der Waals surface area contributed by atoms with Gasteiger partial charge >= 0.3 is 0 Å². The first-order valence-electron chi connectivity index (χ1n) is 4.20. The summed E-state index contributed by atoms with van der Waals surface area (Å²) < 4.78 is 0. The van der Waals surface area contributed by atoms with Crippen LogP contribution in [0.2, 0.25) is 0 Å². The lowest BCUT2D eigenvalue weighted by Crippen LogP contribution is -2.19. The molecule has 0 aliphatic rings. The van der Waals surface area contributed by atoms with Gasteiger partial charge in [-0.25, -0.2) is 0 Å². The molecular weight excluding hydrogens is 186 g/mol. The van der Waals surface area contributed by atoms with Gasteiger partial charge in [-0.15, -0.1) is 11.3 Å². The number of hydrogen-bond acceptors (Lipinski definition) is 4. The first-order chi connectivity index (χ1) is 6.24. The smallest absolute Gasteiger partial charge is 0.0895 e. The molecule has 4 heteroatoms. The number of nitrogens with zero attached hydrogens (tertiary/aromatic N) is 1. The fraction of sp³-hybridized carbons (Fsp3) is 0.556. The molecule has 1 rings (SSSR count). The van der Waals surface area contributed by atoms with Crippen LogP contribution in [0.15, 0.2) is 17.5 Å². The second-order valence-electron chi connectivity index (χ2n) is 2.85. The number of aliphatic hydroxyl groups is 1. The molecule has 0 aliphatic heterocycles. The van der Waals surface area contributed by atoms with Gasteiger partial charge in [0.25, 0.3) is 0 Å². The van der Waals surface area contributed by atoms with Crippen molar-refractivity contribution >= 4 is 11.3 Å². The first-order valence-corrected chi connectivity index (χ1v) is 5.08. The molecule has 1 N–H and O–H groups in total. The molecule has 1 aromatic rings. The van der Waals surface area contributed by atoms with Crippen molar-refractivity contribution in [3.05, 3.63) is 22.4 Å². The maximum Gasteiger partial charge on any atom is 0.0895 e. The maximum atomic E-state index is 9.68. The largest absolute Gasteiger partial charge is 0.388 e. The van der Waals surface area contributed by atoms with Crippen LogP contribution in [0.4, 0.5) is 0 Å². The lowest BCUT2D eigenvalue weighted by molar-refractivity contribution is -0.114. The lowest BCUT2D eigenvalue weighted by atomic mass is 10.2. The fourth-order valence-electron chi connectivity index (χ4n) is 1.02. The Kier molecular flexibility index (Phi) is 4.38. The van der Waals surface area contributed by atoms with Gasteiger partial charge < -0.3 is 9.94 Å². The molecule has 0 saturated heterocycles. The van der Waals surface area contributed by atoms with E-state index in [4.69, 9.17) is 4.84 Å². The Balaban J connectivity index is 2.30. The van der Waals surface area contributed by atoms with Gasteiger partial charge in [-0.05, 0) is 17.9 Å². The van der Waals surface area contributed by atoms with E-state index in [1.807, 2.05) is 24.6 Å². The molecule has 0 bridgehead atoms. The molecule has 0 radical (unpaired) electrons. The minimum Gasteiger partial charge on any atom is -0.388 e. The Labute approximate surface area is 82.5 Å². The van der Waals surface area contributed by atoms with Crippen molar-refractivity contribution < 1.29 is 9.94 Å². The molecule has 0 unspecified atom stereocenters. The van der Waals surface area contributed by atoms with Crippen LogP contribution < -0.4 is 0 Å². The summed E-state index contributed by atoms with van der Waals surface area (Å²) in [5.74, 6) is 0. The molecule has 1 aromatic heterocycles. The van der Waals surface area contributed by atoms with Gasteiger partial charge in [0.1, 0.15) is 0 Å². The summed E-state index contributed by atoms with van der Waals surface area (Å²) in [4.78, 5) is 5.96. The van der Waals surface area contributed by atoms with Crippen LogP contribution >= 0.6 is 11.3 Å². The fourth-order valence-corrected chi connectivity index (χ4v) is 1.76. The van der Waals surface area contributed by atoms with Gasteiger partial charge in [0.2, 0.25) is 0 Å². The van der Waals surface area contributed by atoms with Crippen molar-refractivity contribution in [1.82, 2.24) is 5.06 Å². The first kappa shape index (κ1) is 10.7. The van der Waals surface area contributed by atoms with Crippen molar-refractivity contribution in [1.29, 1.82) is 0 Å². The molecule has 0 aliphatic carbocycles. The van der Waals surface area contributed by atoms with E-state index in [9.17, 15) is 5.11 Å². The van der Waals surface area contributed by atoms with Crippen LogP contribution in [0.3, 0.4) is 0 Å². The van der Waals surface area contributed by atoms with Crippen molar-refractivity contribution in [2.24, 2.45) is 0 Å². The van der Waals surface area contributed by atoms with Gasteiger partial charge in [-0.2, -0.15) is 5.06 Å². The number of hydroxylamine groups is 2. The Bertz CT molecular complexity index is 226. The van der Waals surface area contributed by atoms with Crippen LogP contribution in [0, 0.1) is 0 Å². The molecule has 74 valence electrons. The molecule has 0 spiro atoms. The van der Waals surface area contributed by atoms with Crippen molar-refractivity contribution in [2.75, 3.05) is 20.7 Å². The van der Waals surface area contributed by atoms with E-state index in [0.29, 0.717) is 6.42 Å². The van der Waals surface area contributed by atoms with Crippen LogP contribution in [0.1, 0.15) is 17.4 Å². The van der Waals surface area contributed by atoms with Gasteiger partial charge in [-0.3, -0.25) is 0 Å². The minimum atomic E-state index is -0.363. The second-order valence-corrected chi connectivity index (χ2v) is 3.83. The van der Waals surface area contributed by atoms with Crippen LogP contribution in [0.5, 0.6) is 0 Å².